The topological polar surface area (TPSA) is 54.0 Å². The summed E-state index contributed by atoms with van der Waals surface area (Å²) in [7, 11) is 0. The number of hydrogen-bond acceptors (Lipinski definition) is 3. The number of anilines is 3. The minimum Gasteiger partial charge on any atom is -0.340 e. The lowest BCUT2D eigenvalue weighted by Gasteiger charge is -2.23. The highest BCUT2D eigenvalue weighted by Crippen LogP contribution is 2.27. The van der Waals surface area contributed by atoms with Crippen LogP contribution in [0.4, 0.5) is 21.6 Å². The maximum atomic E-state index is 12.8. The molecule has 0 bridgehead atoms. The van der Waals surface area contributed by atoms with Gasteiger partial charge in [-0.3, -0.25) is 4.79 Å². The van der Waals surface area contributed by atoms with Crippen molar-refractivity contribution in [1.29, 1.82) is 0 Å². The molecule has 1 aliphatic rings. The lowest BCUT2D eigenvalue weighted by atomic mass is 9.85. The van der Waals surface area contributed by atoms with Crippen molar-refractivity contribution in [3.63, 3.8) is 0 Å². The SMILES string of the molecule is O=C(Nc1ccc(Nc2ccc(F)cc2)nc1)C1CCC1. The fraction of sp³-hybridized carbons (Fsp3) is 0.250. The predicted molar refractivity (Wildman–Crippen MR) is 79.9 cm³/mol. The Kier molecular flexibility index (Phi) is 3.81. The third kappa shape index (κ3) is 3.37. The third-order valence-corrected chi connectivity index (χ3v) is 3.62. The molecule has 1 saturated carbocycles. The molecule has 1 aromatic carbocycles. The molecule has 5 heteroatoms. The predicted octanol–water partition coefficient (Wildman–Crippen LogP) is 3.70. The minimum absolute atomic E-state index is 0.0716. The number of carbonyl (C=O) groups excluding carboxylic acids is 1. The van der Waals surface area contributed by atoms with Gasteiger partial charge in [0, 0.05) is 11.6 Å². The number of pyridine rings is 1. The van der Waals surface area contributed by atoms with Crippen LogP contribution < -0.4 is 10.6 Å². The zero-order chi connectivity index (χ0) is 14.7. The molecule has 1 amide bonds. The average Bonchev–Trinajstić information content (AvgIpc) is 2.41. The highest BCUT2D eigenvalue weighted by Gasteiger charge is 2.25. The fourth-order valence-corrected chi connectivity index (χ4v) is 2.14. The summed E-state index contributed by atoms with van der Waals surface area (Å²) in [5.41, 5.74) is 1.45. The van der Waals surface area contributed by atoms with Crippen molar-refractivity contribution in [3.8, 4) is 0 Å². The van der Waals surface area contributed by atoms with E-state index in [1.54, 1.807) is 30.5 Å². The van der Waals surface area contributed by atoms with E-state index in [9.17, 15) is 9.18 Å². The Morgan fingerprint density at radius 2 is 1.81 bits per heavy atom. The second-order valence-corrected chi connectivity index (χ2v) is 5.18. The molecule has 21 heavy (non-hydrogen) atoms. The number of nitrogens with one attached hydrogen (secondary N) is 2. The first-order valence-electron chi connectivity index (χ1n) is 7.00. The van der Waals surface area contributed by atoms with Gasteiger partial charge >= 0.3 is 0 Å². The number of amides is 1. The van der Waals surface area contributed by atoms with Crippen molar-refractivity contribution in [1.82, 2.24) is 4.98 Å². The van der Waals surface area contributed by atoms with E-state index in [0.717, 1.165) is 24.9 Å². The van der Waals surface area contributed by atoms with Crippen LogP contribution in [0.2, 0.25) is 0 Å². The molecule has 0 aliphatic heterocycles. The highest BCUT2D eigenvalue weighted by molar-refractivity contribution is 5.92. The number of carbonyl (C=O) groups is 1. The van der Waals surface area contributed by atoms with Crippen LogP contribution in [0, 0.1) is 11.7 Å². The molecule has 2 N–H and O–H groups in total. The van der Waals surface area contributed by atoms with Gasteiger partial charge in [-0.25, -0.2) is 9.37 Å². The highest BCUT2D eigenvalue weighted by atomic mass is 19.1. The quantitative estimate of drug-likeness (QED) is 0.900. The molecule has 3 rings (SSSR count). The summed E-state index contributed by atoms with van der Waals surface area (Å²) >= 11 is 0. The van der Waals surface area contributed by atoms with E-state index in [4.69, 9.17) is 0 Å². The number of halogens is 1. The summed E-state index contributed by atoms with van der Waals surface area (Å²) in [6.45, 7) is 0. The molecule has 0 radical (unpaired) electrons. The monoisotopic (exact) mass is 285 g/mol. The first-order valence-corrected chi connectivity index (χ1v) is 7.00. The Morgan fingerprint density at radius 1 is 1.10 bits per heavy atom. The molecular weight excluding hydrogens is 269 g/mol. The van der Waals surface area contributed by atoms with Gasteiger partial charge in [-0.1, -0.05) is 6.42 Å². The second kappa shape index (κ2) is 5.91. The van der Waals surface area contributed by atoms with Gasteiger partial charge in [0.25, 0.3) is 0 Å². The van der Waals surface area contributed by atoms with Crippen LogP contribution in [-0.4, -0.2) is 10.9 Å². The lowest BCUT2D eigenvalue weighted by Crippen LogP contribution is -2.28. The van der Waals surface area contributed by atoms with Crippen LogP contribution in [-0.2, 0) is 4.79 Å². The molecule has 1 heterocycles. The zero-order valence-electron chi connectivity index (χ0n) is 11.5. The van der Waals surface area contributed by atoms with Crippen molar-refractivity contribution in [2.24, 2.45) is 5.92 Å². The smallest absolute Gasteiger partial charge is 0.227 e. The second-order valence-electron chi connectivity index (χ2n) is 5.18. The van der Waals surface area contributed by atoms with Crippen molar-refractivity contribution in [2.75, 3.05) is 10.6 Å². The summed E-state index contributed by atoms with van der Waals surface area (Å²) in [4.78, 5) is 16.0. The molecule has 1 fully saturated rings. The fourth-order valence-electron chi connectivity index (χ4n) is 2.14. The van der Waals surface area contributed by atoms with Crippen LogP contribution in [0.3, 0.4) is 0 Å². The van der Waals surface area contributed by atoms with Gasteiger partial charge in [-0.05, 0) is 49.2 Å². The molecule has 0 spiro atoms. The van der Waals surface area contributed by atoms with Crippen LogP contribution >= 0.6 is 0 Å². The largest absolute Gasteiger partial charge is 0.340 e. The maximum Gasteiger partial charge on any atom is 0.227 e. The maximum absolute atomic E-state index is 12.8. The van der Waals surface area contributed by atoms with Crippen molar-refractivity contribution < 1.29 is 9.18 Å². The van der Waals surface area contributed by atoms with Crippen molar-refractivity contribution >= 4 is 23.1 Å². The van der Waals surface area contributed by atoms with E-state index in [-0.39, 0.29) is 17.6 Å². The average molecular weight is 285 g/mol. The number of rotatable bonds is 4. The Morgan fingerprint density at radius 3 is 2.38 bits per heavy atom. The molecule has 108 valence electrons. The summed E-state index contributed by atoms with van der Waals surface area (Å²) in [5.74, 6) is 0.593. The third-order valence-electron chi connectivity index (χ3n) is 3.62. The Bertz CT molecular complexity index is 621. The van der Waals surface area contributed by atoms with Gasteiger partial charge in [-0.15, -0.1) is 0 Å². The van der Waals surface area contributed by atoms with E-state index in [2.05, 4.69) is 15.6 Å². The zero-order valence-corrected chi connectivity index (χ0v) is 11.5. The van der Waals surface area contributed by atoms with Gasteiger partial charge in [0.2, 0.25) is 5.91 Å². The van der Waals surface area contributed by atoms with Gasteiger partial charge in [0.1, 0.15) is 11.6 Å². The standard InChI is InChI=1S/C16H16FN3O/c17-12-4-6-13(7-5-12)19-15-9-8-14(10-18-15)20-16(21)11-2-1-3-11/h4-11H,1-3H2,(H,18,19)(H,20,21). The van der Waals surface area contributed by atoms with E-state index in [1.807, 2.05) is 0 Å². The van der Waals surface area contributed by atoms with Crippen molar-refractivity contribution in [3.05, 3.63) is 48.4 Å². The van der Waals surface area contributed by atoms with Crippen LogP contribution in [0.5, 0.6) is 0 Å². The molecule has 0 atom stereocenters. The van der Waals surface area contributed by atoms with E-state index >= 15 is 0 Å². The van der Waals surface area contributed by atoms with E-state index in [0.29, 0.717) is 11.5 Å². The molecule has 4 nitrogen and oxygen atoms in total. The van der Waals surface area contributed by atoms with Gasteiger partial charge in [0.05, 0.1) is 11.9 Å². The molecule has 1 aliphatic carbocycles. The molecule has 1 aromatic heterocycles. The number of nitrogens with zero attached hydrogens (tertiary/aromatic N) is 1. The molecule has 0 unspecified atom stereocenters. The first-order chi connectivity index (χ1) is 10.2. The van der Waals surface area contributed by atoms with Crippen LogP contribution in [0.25, 0.3) is 0 Å². The number of hydrogen-bond donors (Lipinski definition) is 2. The van der Waals surface area contributed by atoms with Crippen LogP contribution in [0.15, 0.2) is 42.6 Å². The Hall–Kier alpha value is -2.43. The normalized spacial score (nSPS) is 14.3. The van der Waals surface area contributed by atoms with E-state index in [1.165, 1.54) is 12.1 Å². The summed E-state index contributed by atoms with van der Waals surface area (Å²) in [6, 6.07) is 9.63. The minimum atomic E-state index is -0.275. The Labute approximate surface area is 122 Å². The molecule has 2 aromatic rings. The summed E-state index contributed by atoms with van der Waals surface area (Å²) in [6.07, 6.45) is 4.70. The number of benzene rings is 1. The lowest BCUT2D eigenvalue weighted by molar-refractivity contribution is -0.122. The Balaban J connectivity index is 1.60. The van der Waals surface area contributed by atoms with Gasteiger partial charge < -0.3 is 10.6 Å². The van der Waals surface area contributed by atoms with Gasteiger partial charge in [-0.2, -0.15) is 0 Å². The molecule has 0 saturated heterocycles. The summed E-state index contributed by atoms with van der Waals surface area (Å²) < 4.78 is 12.8. The molecular formula is C16H16FN3O. The first kappa shape index (κ1) is 13.5. The van der Waals surface area contributed by atoms with Crippen LogP contribution in [0.1, 0.15) is 19.3 Å². The van der Waals surface area contributed by atoms with E-state index < -0.39 is 0 Å². The van der Waals surface area contributed by atoms with Gasteiger partial charge in [0.15, 0.2) is 0 Å². The summed E-state index contributed by atoms with van der Waals surface area (Å²) in [5, 5.41) is 5.93. The number of aromatic nitrogens is 1. The van der Waals surface area contributed by atoms with Crippen molar-refractivity contribution in [2.45, 2.75) is 19.3 Å².